The van der Waals surface area contributed by atoms with Gasteiger partial charge >= 0.3 is 0 Å². The van der Waals surface area contributed by atoms with Crippen molar-refractivity contribution >= 4 is 11.6 Å². The third kappa shape index (κ3) is 0.832. The van der Waals surface area contributed by atoms with Gasteiger partial charge in [0.05, 0.1) is 0 Å². The van der Waals surface area contributed by atoms with Crippen molar-refractivity contribution in [3.05, 3.63) is 23.7 Å². The van der Waals surface area contributed by atoms with Crippen LogP contribution in [0.3, 0.4) is 0 Å². The highest BCUT2D eigenvalue weighted by Gasteiger charge is 2.26. The molecule has 0 atom stereocenters. The van der Waals surface area contributed by atoms with Gasteiger partial charge in [0.1, 0.15) is 0 Å². The predicted molar refractivity (Wildman–Crippen MR) is 33.2 cm³/mol. The van der Waals surface area contributed by atoms with Crippen LogP contribution in [0.4, 0.5) is 0 Å². The van der Waals surface area contributed by atoms with E-state index in [-0.39, 0.29) is 6.79 Å². The van der Waals surface area contributed by atoms with Crippen LogP contribution in [0.25, 0.3) is 0 Å². The summed E-state index contributed by atoms with van der Waals surface area (Å²) in [6, 6.07) is 0. The minimum atomic E-state index is -0.561. The van der Waals surface area contributed by atoms with Crippen molar-refractivity contribution in [2.45, 2.75) is 0 Å². The summed E-state index contributed by atoms with van der Waals surface area (Å²) in [6.07, 6.45) is 2.29. The molecular weight excluding hydrogens is 148 g/mol. The maximum Gasteiger partial charge on any atom is 0.231 e. The van der Waals surface area contributed by atoms with Crippen molar-refractivity contribution < 1.29 is 19.1 Å². The quantitative estimate of drug-likeness (QED) is 0.359. The first-order chi connectivity index (χ1) is 5.27. The first kappa shape index (κ1) is 6.15. The number of hydrogen-bond donors (Lipinski definition) is 0. The van der Waals surface area contributed by atoms with Crippen LogP contribution in [0, 0.1) is 0 Å². The molecular formula is C7H4O4. The molecule has 11 heavy (non-hydrogen) atoms. The van der Waals surface area contributed by atoms with Crippen LogP contribution >= 0.6 is 0 Å². The van der Waals surface area contributed by atoms with Crippen LogP contribution in [0.2, 0.25) is 0 Å². The van der Waals surface area contributed by atoms with E-state index >= 15 is 0 Å². The molecule has 2 rings (SSSR count). The molecule has 56 valence electrons. The molecule has 0 aromatic rings. The van der Waals surface area contributed by atoms with Gasteiger partial charge in [0, 0.05) is 12.2 Å². The molecule has 0 spiro atoms. The Morgan fingerprint density at radius 2 is 1.45 bits per heavy atom. The van der Waals surface area contributed by atoms with E-state index in [1.165, 1.54) is 0 Å². The molecule has 1 fully saturated rings. The number of rotatable bonds is 0. The summed E-state index contributed by atoms with van der Waals surface area (Å²) in [4.78, 5) is 21.5. The maximum absolute atomic E-state index is 10.7. The van der Waals surface area contributed by atoms with Gasteiger partial charge in [0.2, 0.25) is 18.4 Å². The monoisotopic (exact) mass is 152 g/mol. The fourth-order valence-corrected chi connectivity index (χ4v) is 0.905. The van der Waals surface area contributed by atoms with Crippen LogP contribution in [0.1, 0.15) is 0 Å². The zero-order valence-electron chi connectivity index (χ0n) is 5.49. The van der Waals surface area contributed by atoms with Gasteiger partial charge in [0.15, 0.2) is 11.5 Å². The van der Waals surface area contributed by atoms with E-state index in [1.54, 1.807) is 0 Å². The normalized spacial score (nSPS) is 21.5. The lowest BCUT2D eigenvalue weighted by atomic mass is 10.1. The van der Waals surface area contributed by atoms with Crippen LogP contribution in [-0.2, 0) is 19.1 Å². The van der Waals surface area contributed by atoms with Crippen LogP contribution in [0.15, 0.2) is 23.7 Å². The highest BCUT2D eigenvalue weighted by atomic mass is 16.7. The Hall–Kier alpha value is -1.58. The summed E-state index contributed by atoms with van der Waals surface area (Å²) < 4.78 is 9.75. The second-order valence-corrected chi connectivity index (χ2v) is 2.15. The summed E-state index contributed by atoms with van der Waals surface area (Å²) in [5.41, 5.74) is 0. The lowest BCUT2D eigenvalue weighted by Crippen LogP contribution is -2.13. The smallest absolute Gasteiger partial charge is 0.231 e. The van der Waals surface area contributed by atoms with Crippen LogP contribution < -0.4 is 0 Å². The van der Waals surface area contributed by atoms with E-state index in [9.17, 15) is 9.59 Å². The molecule has 0 aromatic carbocycles. The Morgan fingerprint density at radius 3 is 1.91 bits per heavy atom. The molecule has 0 saturated carbocycles. The topological polar surface area (TPSA) is 52.6 Å². The number of fused-ring (bicyclic) bond motifs is 1. The minimum absolute atomic E-state index is 0.0816. The molecule has 1 heterocycles. The van der Waals surface area contributed by atoms with Crippen molar-refractivity contribution in [3.63, 3.8) is 0 Å². The van der Waals surface area contributed by atoms with Gasteiger partial charge in [0.25, 0.3) is 0 Å². The van der Waals surface area contributed by atoms with Crippen LogP contribution in [-0.4, -0.2) is 18.4 Å². The Morgan fingerprint density at radius 1 is 1.00 bits per heavy atom. The average molecular weight is 152 g/mol. The minimum Gasteiger partial charge on any atom is -0.453 e. The maximum atomic E-state index is 10.7. The largest absolute Gasteiger partial charge is 0.453 e. The van der Waals surface area contributed by atoms with Gasteiger partial charge < -0.3 is 9.47 Å². The molecule has 0 N–H and O–H groups in total. The summed E-state index contributed by atoms with van der Waals surface area (Å²) in [6.45, 7) is 0.0816. The van der Waals surface area contributed by atoms with Gasteiger partial charge in [-0.15, -0.1) is 0 Å². The molecule has 0 bridgehead atoms. The fraction of sp³-hybridized carbons (Fsp3) is 0.143. The number of carbonyl (C=O) groups is 2. The fourth-order valence-electron chi connectivity index (χ4n) is 0.905. The molecule has 4 heteroatoms. The predicted octanol–water partition coefficient (Wildman–Crippen LogP) is -0.0897. The number of ether oxygens (including phenoxy) is 2. The van der Waals surface area contributed by atoms with E-state index in [2.05, 4.69) is 0 Å². The first-order valence-corrected chi connectivity index (χ1v) is 3.05. The van der Waals surface area contributed by atoms with E-state index in [1.807, 2.05) is 0 Å². The lowest BCUT2D eigenvalue weighted by Gasteiger charge is -2.00. The highest BCUT2D eigenvalue weighted by molar-refractivity contribution is 6.46. The Kier molecular flexibility index (Phi) is 1.09. The first-order valence-electron chi connectivity index (χ1n) is 3.05. The van der Waals surface area contributed by atoms with Crippen molar-refractivity contribution in [1.29, 1.82) is 0 Å². The molecule has 4 nitrogen and oxygen atoms in total. The molecule has 0 unspecified atom stereocenters. The standard InChI is InChI=1S/C7H4O4/c8-4-1-6-7(2-5(4)9)11-3-10-6/h1-2H,3H2. The average Bonchev–Trinajstić information content (AvgIpc) is 2.36. The van der Waals surface area contributed by atoms with Gasteiger partial charge in [-0.25, -0.2) is 0 Å². The van der Waals surface area contributed by atoms with E-state index in [0.29, 0.717) is 11.5 Å². The molecule has 1 saturated heterocycles. The lowest BCUT2D eigenvalue weighted by molar-refractivity contribution is -0.131. The van der Waals surface area contributed by atoms with Crippen molar-refractivity contribution in [2.75, 3.05) is 6.79 Å². The third-order valence-corrected chi connectivity index (χ3v) is 1.44. The molecule has 0 radical (unpaired) electrons. The number of allylic oxidation sites excluding steroid dienone is 2. The Bertz CT molecular complexity index is 268. The summed E-state index contributed by atoms with van der Waals surface area (Å²) in [7, 11) is 0. The third-order valence-electron chi connectivity index (χ3n) is 1.44. The van der Waals surface area contributed by atoms with E-state index in [0.717, 1.165) is 12.2 Å². The molecule has 1 aliphatic carbocycles. The zero-order chi connectivity index (χ0) is 7.84. The SMILES string of the molecule is O=C1C=C2OCOC2=CC1=O. The second kappa shape index (κ2) is 1.95. The molecule has 0 amide bonds. The molecule has 0 aromatic heterocycles. The van der Waals surface area contributed by atoms with Gasteiger partial charge in [-0.1, -0.05) is 0 Å². The number of ketones is 2. The Labute approximate surface area is 62.1 Å². The van der Waals surface area contributed by atoms with Crippen LogP contribution in [0.5, 0.6) is 0 Å². The van der Waals surface area contributed by atoms with Gasteiger partial charge in [-0.3, -0.25) is 9.59 Å². The van der Waals surface area contributed by atoms with Crippen molar-refractivity contribution in [2.24, 2.45) is 0 Å². The molecule has 1 aliphatic heterocycles. The second-order valence-electron chi connectivity index (χ2n) is 2.15. The number of hydrogen-bond acceptors (Lipinski definition) is 4. The number of carbonyl (C=O) groups excluding carboxylic acids is 2. The van der Waals surface area contributed by atoms with E-state index in [4.69, 9.17) is 9.47 Å². The van der Waals surface area contributed by atoms with E-state index < -0.39 is 11.6 Å². The summed E-state index contributed by atoms with van der Waals surface area (Å²) in [5.74, 6) is -0.410. The Balaban J connectivity index is 2.44. The summed E-state index contributed by atoms with van der Waals surface area (Å²) >= 11 is 0. The summed E-state index contributed by atoms with van der Waals surface area (Å²) in [5, 5.41) is 0. The van der Waals surface area contributed by atoms with Gasteiger partial charge in [-0.05, 0) is 0 Å². The van der Waals surface area contributed by atoms with Crippen molar-refractivity contribution in [1.82, 2.24) is 0 Å². The van der Waals surface area contributed by atoms with Crippen molar-refractivity contribution in [3.8, 4) is 0 Å². The highest BCUT2D eigenvalue weighted by Crippen LogP contribution is 2.23. The van der Waals surface area contributed by atoms with Gasteiger partial charge in [-0.2, -0.15) is 0 Å². The molecule has 2 aliphatic rings. The zero-order valence-corrected chi connectivity index (χ0v) is 5.49.